The Morgan fingerprint density at radius 1 is 0.952 bits per heavy atom. The summed E-state index contributed by atoms with van der Waals surface area (Å²) in [6.45, 7) is 5.78. The Morgan fingerprint density at radius 2 is 1.57 bits per heavy atom. The van der Waals surface area contributed by atoms with Gasteiger partial charge in [0.2, 0.25) is 0 Å². The lowest BCUT2D eigenvalue weighted by Crippen LogP contribution is -2.14. The Morgan fingerprint density at radius 3 is 2.05 bits per heavy atom. The first-order valence-corrected chi connectivity index (χ1v) is 6.39. The molecule has 0 saturated carbocycles. The molecule has 5 heteroatoms. The van der Waals surface area contributed by atoms with Crippen molar-refractivity contribution in [3.05, 3.63) is 41.0 Å². The van der Waals surface area contributed by atoms with Crippen LogP contribution in [0.5, 0.6) is 5.75 Å². The molecule has 21 heavy (non-hydrogen) atoms. The monoisotopic (exact) mass is 288 g/mol. The zero-order valence-corrected chi connectivity index (χ0v) is 12.0. The van der Waals surface area contributed by atoms with Gasteiger partial charge in [-0.05, 0) is 34.6 Å². The van der Waals surface area contributed by atoms with E-state index in [4.69, 9.17) is 5.11 Å². The number of carboxylic acids is 2. The summed E-state index contributed by atoms with van der Waals surface area (Å²) in [5.41, 5.74) is 0.167. The van der Waals surface area contributed by atoms with Crippen molar-refractivity contribution in [1.29, 1.82) is 0 Å². The topological polar surface area (TPSA) is 94.8 Å². The number of carbonyl (C=O) groups is 2. The molecule has 2 aromatic rings. The van der Waals surface area contributed by atoms with Crippen LogP contribution < -0.4 is 0 Å². The van der Waals surface area contributed by atoms with Crippen LogP contribution in [0.15, 0.2) is 24.3 Å². The fraction of sp³-hybridized carbons (Fsp3) is 0.250. The van der Waals surface area contributed by atoms with Gasteiger partial charge in [-0.1, -0.05) is 26.8 Å². The van der Waals surface area contributed by atoms with Crippen LogP contribution >= 0.6 is 0 Å². The maximum absolute atomic E-state index is 11.3. The van der Waals surface area contributed by atoms with Gasteiger partial charge in [0, 0.05) is 5.39 Å². The third-order valence-electron chi connectivity index (χ3n) is 3.39. The molecule has 0 bridgehead atoms. The minimum absolute atomic E-state index is 0.000183. The second-order valence-electron chi connectivity index (χ2n) is 5.94. The molecular weight excluding hydrogens is 272 g/mol. The lowest BCUT2D eigenvalue weighted by Gasteiger charge is -2.23. The van der Waals surface area contributed by atoms with Crippen molar-refractivity contribution < 1.29 is 24.9 Å². The molecule has 0 aliphatic heterocycles. The molecule has 0 aliphatic rings. The molecule has 0 fully saturated rings. The van der Waals surface area contributed by atoms with E-state index < -0.39 is 17.7 Å². The Kier molecular flexibility index (Phi) is 3.37. The van der Waals surface area contributed by atoms with Crippen LogP contribution in [0.2, 0.25) is 0 Å². The quantitative estimate of drug-likeness (QED) is 0.788. The van der Waals surface area contributed by atoms with Crippen molar-refractivity contribution in [3.8, 4) is 5.75 Å². The van der Waals surface area contributed by atoms with E-state index in [1.165, 1.54) is 18.2 Å². The Balaban J connectivity index is 2.95. The van der Waals surface area contributed by atoms with E-state index in [2.05, 4.69) is 0 Å². The van der Waals surface area contributed by atoms with E-state index in [1.54, 1.807) is 6.07 Å². The Labute approximate surface area is 121 Å². The number of benzene rings is 2. The van der Waals surface area contributed by atoms with Gasteiger partial charge < -0.3 is 15.3 Å². The third-order valence-corrected chi connectivity index (χ3v) is 3.39. The average molecular weight is 288 g/mol. The average Bonchev–Trinajstić information content (AvgIpc) is 2.36. The number of aromatic hydroxyl groups is 1. The number of rotatable bonds is 2. The molecule has 3 N–H and O–H groups in total. The minimum Gasteiger partial charge on any atom is -0.506 e. The molecule has 2 aromatic carbocycles. The van der Waals surface area contributed by atoms with Crippen LogP contribution in [-0.4, -0.2) is 27.3 Å². The molecule has 2 rings (SSSR count). The Bertz CT molecular complexity index is 753. The van der Waals surface area contributed by atoms with Crippen LogP contribution in [-0.2, 0) is 5.41 Å². The molecule has 0 aliphatic carbocycles. The molecule has 0 saturated heterocycles. The van der Waals surface area contributed by atoms with Crippen molar-refractivity contribution in [1.82, 2.24) is 0 Å². The van der Waals surface area contributed by atoms with Crippen molar-refractivity contribution in [2.45, 2.75) is 26.2 Å². The second-order valence-corrected chi connectivity index (χ2v) is 5.94. The number of phenols is 1. The summed E-state index contributed by atoms with van der Waals surface area (Å²) in [6.07, 6.45) is 0. The SMILES string of the molecule is CC(C)(C)c1cc(C(=O)O)c(O)c2cc(C(=O)O)ccc12. The van der Waals surface area contributed by atoms with Gasteiger partial charge in [-0.25, -0.2) is 9.59 Å². The highest BCUT2D eigenvalue weighted by Gasteiger charge is 2.23. The van der Waals surface area contributed by atoms with Crippen LogP contribution in [0, 0.1) is 0 Å². The van der Waals surface area contributed by atoms with Crippen LogP contribution in [0.3, 0.4) is 0 Å². The molecule has 0 aromatic heterocycles. The Hall–Kier alpha value is -2.56. The molecule has 0 spiro atoms. The smallest absolute Gasteiger partial charge is 0.339 e. The predicted molar refractivity (Wildman–Crippen MR) is 78.2 cm³/mol. The highest BCUT2D eigenvalue weighted by atomic mass is 16.4. The van der Waals surface area contributed by atoms with Gasteiger partial charge in [0.25, 0.3) is 0 Å². The van der Waals surface area contributed by atoms with Gasteiger partial charge in [-0.15, -0.1) is 0 Å². The number of hydrogen-bond acceptors (Lipinski definition) is 3. The number of fused-ring (bicyclic) bond motifs is 1. The lowest BCUT2D eigenvalue weighted by molar-refractivity contribution is 0.0685. The fourth-order valence-corrected chi connectivity index (χ4v) is 2.33. The largest absolute Gasteiger partial charge is 0.506 e. The third kappa shape index (κ3) is 2.54. The molecule has 110 valence electrons. The normalized spacial score (nSPS) is 11.6. The van der Waals surface area contributed by atoms with Crippen molar-refractivity contribution in [2.24, 2.45) is 0 Å². The van der Waals surface area contributed by atoms with Crippen molar-refractivity contribution in [2.75, 3.05) is 0 Å². The van der Waals surface area contributed by atoms with E-state index >= 15 is 0 Å². The number of aromatic carboxylic acids is 2. The van der Waals surface area contributed by atoms with Crippen molar-refractivity contribution >= 4 is 22.7 Å². The van der Waals surface area contributed by atoms with Gasteiger partial charge >= 0.3 is 11.9 Å². The summed E-state index contributed by atoms with van der Waals surface area (Å²) in [5.74, 6) is -2.79. The van der Waals surface area contributed by atoms with Crippen LogP contribution in [0.4, 0.5) is 0 Å². The first-order chi connectivity index (χ1) is 9.62. The van der Waals surface area contributed by atoms with E-state index in [-0.39, 0.29) is 21.9 Å². The zero-order valence-electron chi connectivity index (χ0n) is 12.0. The summed E-state index contributed by atoms with van der Waals surface area (Å²) in [4.78, 5) is 22.3. The molecular formula is C16H16O5. The van der Waals surface area contributed by atoms with E-state index in [0.717, 1.165) is 5.56 Å². The van der Waals surface area contributed by atoms with E-state index in [9.17, 15) is 19.8 Å². The summed E-state index contributed by atoms with van der Waals surface area (Å²) in [6, 6.07) is 5.79. The molecule has 0 heterocycles. The second kappa shape index (κ2) is 4.77. The molecule has 5 nitrogen and oxygen atoms in total. The van der Waals surface area contributed by atoms with E-state index in [1.807, 2.05) is 20.8 Å². The number of carboxylic acid groups (broad SMARTS) is 2. The highest BCUT2D eigenvalue weighted by Crippen LogP contribution is 2.37. The predicted octanol–water partition coefficient (Wildman–Crippen LogP) is 3.24. The lowest BCUT2D eigenvalue weighted by atomic mass is 9.82. The van der Waals surface area contributed by atoms with Gasteiger partial charge in [0.05, 0.1) is 5.56 Å². The van der Waals surface area contributed by atoms with Crippen LogP contribution in [0.1, 0.15) is 47.1 Å². The van der Waals surface area contributed by atoms with Crippen molar-refractivity contribution in [3.63, 3.8) is 0 Å². The molecule has 0 atom stereocenters. The first kappa shape index (κ1) is 14.8. The highest BCUT2D eigenvalue weighted by molar-refractivity contribution is 6.04. The van der Waals surface area contributed by atoms with Gasteiger partial charge in [0.1, 0.15) is 11.3 Å². The number of hydrogen-bond donors (Lipinski definition) is 3. The maximum atomic E-state index is 11.3. The van der Waals surface area contributed by atoms with Gasteiger partial charge in [-0.3, -0.25) is 0 Å². The molecule has 0 unspecified atom stereocenters. The summed E-state index contributed by atoms with van der Waals surface area (Å²) in [5, 5.41) is 29.3. The summed E-state index contributed by atoms with van der Waals surface area (Å²) >= 11 is 0. The maximum Gasteiger partial charge on any atom is 0.339 e. The van der Waals surface area contributed by atoms with E-state index in [0.29, 0.717) is 5.39 Å². The van der Waals surface area contributed by atoms with Gasteiger partial charge in [-0.2, -0.15) is 0 Å². The summed E-state index contributed by atoms with van der Waals surface area (Å²) in [7, 11) is 0. The fourth-order valence-electron chi connectivity index (χ4n) is 2.33. The zero-order chi connectivity index (χ0) is 15.9. The van der Waals surface area contributed by atoms with Crippen LogP contribution in [0.25, 0.3) is 10.8 Å². The summed E-state index contributed by atoms with van der Waals surface area (Å²) < 4.78 is 0. The standard InChI is InChI=1S/C16H16O5/c1-16(2,3)12-7-11(15(20)21)13(17)10-6-8(14(18)19)4-5-9(10)12/h4-7,17H,1-3H3,(H,18,19)(H,20,21). The first-order valence-electron chi connectivity index (χ1n) is 6.39. The molecule has 0 radical (unpaired) electrons. The van der Waals surface area contributed by atoms with Gasteiger partial charge in [0.15, 0.2) is 0 Å². The molecule has 0 amide bonds. The minimum atomic E-state index is -1.25.